The van der Waals surface area contributed by atoms with E-state index in [-0.39, 0.29) is 11.4 Å². The zero-order chi connectivity index (χ0) is 14.5. The number of rotatable bonds is 5. The van der Waals surface area contributed by atoms with Crippen molar-refractivity contribution in [2.45, 2.75) is 47.0 Å². The second-order valence-corrected chi connectivity index (χ2v) is 6.77. The van der Waals surface area contributed by atoms with Gasteiger partial charge in [-0.15, -0.1) is 0 Å². The van der Waals surface area contributed by atoms with E-state index in [1.807, 2.05) is 9.80 Å². The van der Waals surface area contributed by atoms with E-state index in [1.54, 1.807) is 0 Å². The van der Waals surface area contributed by atoms with Gasteiger partial charge in [-0.05, 0) is 37.1 Å². The number of hydrogen-bond donors (Lipinski definition) is 1. The highest BCUT2D eigenvalue weighted by atomic mass is 16.2. The maximum atomic E-state index is 12.6. The van der Waals surface area contributed by atoms with Crippen molar-refractivity contribution in [3.63, 3.8) is 0 Å². The first-order valence-electron chi connectivity index (χ1n) is 7.63. The highest BCUT2D eigenvalue weighted by Gasteiger charge is 2.28. The summed E-state index contributed by atoms with van der Waals surface area (Å²) in [5.41, 5.74) is 5.79. The van der Waals surface area contributed by atoms with Crippen molar-refractivity contribution >= 4 is 6.03 Å². The largest absolute Gasteiger partial charge is 0.330 e. The average molecular weight is 269 g/mol. The van der Waals surface area contributed by atoms with Crippen LogP contribution in [0.3, 0.4) is 0 Å². The van der Waals surface area contributed by atoms with Gasteiger partial charge in [0.1, 0.15) is 0 Å². The molecule has 1 saturated heterocycles. The molecule has 0 radical (unpaired) electrons. The molecule has 2 N–H and O–H groups in total. The van der Waals surface area contributed by atoms with E-state index in [9.17, 15) is 4.79 Å². The van der Waals surface area contributed by atoms with Gasteiger partial charge in [0.2, 0.25) is 0 Å². The van der Waals surface area contributed by atoms with E-state index in [4.69, 9.17) is 5.73 Å². The summed E-state index contributed by atoms with van der Waals surface area (Å²) >= 11 is 0. The number of likely N-dealkylation sites (tertiary alicyclic amines) is 1. The number of carbonyl (C=O) groups is 1. The molecule has 0 bridgehead atoms. The summed E-state index contributed by atoms with van der Waals surface area (Å²) < 4.78 is 0. The SMILES string of the molecule is CCCN(CC(C)(C)CN)C(=O)N1CCCC(C)C1. The zero-order valence-electron chi connectivity index (χ0n) is 13.1. The minimum Gasteiger partial charge on any atom is -0.330 e. The summed E-state index contributed by atoms with van der Waals surface area (Å²) in [4.78, 5) is 16.7. The lowest BCUT2D eigenvalue weighted by Gasteiger charge is -2.38. The molecule has 1 unspecified atom stereocenters. The Labute approximate surface area is 118 Å². The molecule has 1 aliphatic heterocycles. The number of nitrogens with two attached hydrogens (primary N) is 1. The summed E-state index contributed by atoms with van der Waals surface area (Å²) in [5.74, 6) is 0.628. The molecule has 4 nitrogen and oxygen atoms in total. The van der Waals surface area contributed by atoms with Crippen LogP contribution in [0.1, 0.15) is 47.0 Å². The van der Waals surface area contributed by atoms with Crippen molar-refractivity contribution in [1.82, 2.24) is 9.80 Å². The molecule has 112 valence electrons. The molecule has 0 aromatic heterocycles. The van der Waals surface area contributed by atoms with E-state index >= 15 is 0 Å². The predicted octanol–water partition coefficient (Wildman–Crippen LogP) is 2.54. The predicted molar refractivity (Wildman–Crippen MR) is 80.1 cm³/mol. The molecule has 1 fully saturated rings. The van der Waals surface area contributed by atoms with Crippen LogP contribution in [-0.2, 0) is 0 Å². The first-order chi connectivity index (χ1) is 8.89. The molecule has 1 aliphatic rings. The standard InChI is InChI=1S/C15H31N3O/c1-5-8-18(12-15(3,4)11-16)14(19)17-9-6-7-13(2)10-17/h13H,5-12,16H2,1-4H3. The molecule has 1 rings (SSSR count). The molecule has 0 saturated carbocycles. The van der Waals surface area contributed by atoms with Gasteiger partial charge in [-0.3, -0.25) is 0 Å². The smallest absolute Gasteiger partial charge is 0.320 e. The van der Waals surface area contributed by atoms with Crippen molar-refractivity contribution in [2.75, 3.05) is 32.7 Å². The van der Waals surface area contributed by atoms with Crippen LogP contribution in [0.4, 0.5) is 4.79 Å². The Balaban J connectivity index is 2.66. The summed E-state index contributed by atoms with van der Waals surface area (Å²) in [6.45, 7) is 12.6. The van der Waals surface area contributed by atoms with Gasteiger partial charge in [-0.2, -0.15) is 0 Å². The average Bonchev–Trinajstić information content (AvgIpc) is 2.37. The summed E-state index contributed by atoms with van der Waals surface area (Å²) in [6, 6.07) is 0.204. The van der Waals surface area contributed by atoms with Crippen molar-refractivity contribution < 1.29 is 4.79 Å². The Morgan fingerprint density at radius 3 is 2.68 bits per heavy atom. The third kappa shape index (κ3) is 5.01. The monoisotopic (exact) mass is 269 g/mol. The van der Waals surface area contributed by atoms with E-state index in [1.165, 1.54) is 6.42 Å². The van der Waals surface area contributed by atoms with Crippen molar-refractivity contribution in [2.24, 2.45) is 17.1 Å². The molecule has 0 spiro atoms. The van der Waals surface area contributed by atoms with Gasteiger partial charge in [0.25, 0.3) is 0 Å². The number of nitrogens with zero attached hydrogens (tertiary/aromatic N) is 2. The fourth-order valence-electron chi connectivity index (χ4n) is 2.66. The van der Waals surface area contributed by atoms with E-state index in [0.29, 0.717) is 12.5 Å². The van der Waals surface area contributed by atoms with Crippen LogP contribution in [0.5, 0.6) is 0 Å². The summed E-state index contributed by atoms with van der Waals surface area (Å²) in [6.07, 6.45) is 3.37. The Kier molecular flexibility index (Phi) is 6.11. The third-order valence-electron chi connectivity index (χ3n) is 3.86. The number of urea groups is 1. The highest BCUT2D eigenvalue weighted by molar-refractivity contribution is 5.74. The Morgan fingerprint density at radius 1 is 1.47 bits per heavy atom. The molecule has 4 heteroatoms. The fourth-order valence-corrected chi connectivity index (χ4v) is 2.66. The minimum absolute atomic E-state index is 0.00771. The first-order valence-corrected chi connectivity index (χ1v) is 7.63. The van der Waals surface area contributed by atoms with Crippen LogP contribution in [0.25, 0.3) is 0 Å². The lowest BCUT2D eigenvalue weighted by molar-refractivity contribution is 0.115. The Bertz CT molecular complexity index is 291. The molecular formula is C15H31N3O. The quantitative estimate of drug-likeness (QED) is 0.834. The topological polar surface area (TPSA) is 49.6 Å². The second kappa shape index (κ2) is 7.13. The molecule has 0 aromatic rings. The van der Waals surface area contributed by atoms with Crippen LogP contribution in [0, 0.1) is 11.3 Å². The molecule has 2 amide bonds. The van der Waals surface area contributed by atoms with Gasteiger partial charge in [0, 0.05) is 26.2 Å². The Hall–Kier alpha value is -0.770. The van der Waals surface area contributed by atoms with Gasteiger partial charge in [-0.25, -0.2) is 4.79 Å². The second-order valence-electron chi connectivity index (χ2n) is 6.77. The lowest BCUT2D eigenvalue weighted by atomic mass is 9.93. The molecule has 1 atom stereocenters. The third-order valence-corrected chi connectivity index (χ3v) is 3.86. The molecule has 0 aliphatic carbocycles. The van der Waals surface area contributed by atoms with E-state index < -0.39 is 0 Å². The van der Waals surface area contributed by atoms with Gasteiger partial charge in [-0.1, -0.05) is 27.7 Å². The summed E-state index contributed by atoms with van der Waals surface area (Å²) in [5, 5.41) is 0. The minimum atomic E-state index is -0.00771. The first kappa shape index (κ1) is 16.3. The van der Waals surface area contributed by atoms with E-state index in [2.05, 4.69) is 27.7 Å². The van der Waals surface area contributed by atoms with Crippen molar-refractivity contribution in [1.29, 1.82) is 0 Å². The molecule has 19 heavy (non-hydrogen) atoms. The highest BCUT2D eigenvalue weighted by Crippen LogP contribution is 2.20. The van der Waals surface area contributed by atoms with Gasteiger partial charge in [0.15, 0.2) is 0 Å². The number of carbonyl (C=O) groups excluding carboxylic acids is 1. The molecule has 0 aromatic carbocycles. The maximum Gasteiger partial charge on any atom is 0.320 e. The van der Waals surface area contributed by atoms with Crippen LogP contribution >= 0.6 is 0 Å². The van der Waals surface area contributed by atoms with Crippen LogP contribution < -0.4 is 5.73 Å². The van der Waals surface area contributed by atoms with Gasteiger partial charge >= 0.3 is 6.03 Å². The van der Waals surface area contributed by atoms with Crippen molar-refractivity contribution in [3.05, 3.63) is 0 Å². The molecular weight excluding hydrogens is 238 g/mol. The number of amides is 2. The normalized spacial score (nSPS) is 20.5. The van der Waals surface area contributed by atoms with Gasteiger partial charge in [0.05, 0.1) is 0 Å². The maximum absolute atomic E-state index is 12.6. The van der Waals surface area contributed by atoms with Crippen LogP contribution in [0.2, 0.25) is 0 Å². The summed E-state index contributed by atoms with van der Waals surface area (Å²) in [7, 11) is 0. The number of piperidine rings is 1. The van der Waals surface area contributed by atoms with Crippen LogP contribution in [0.15, 0.2) is 0 Å². The van der Waals surface area contributed by atoms with Crippen molar-refractivity contribution in [3.8, 4) is 0 Å². The molecule has 1 heterocycles. The van der Waals surface area contributed by atoms with E-state index in [0.717, 1.165) is 39.0 Å². The zero-order valence-corrected chi connectivity index (χ0v) is 13.1. The van der Waals surface area contributed by atoms with Crippen LogP contribution in [-0.4, -0.2) is 48.6 Å². The van der Waals surface area contributed by atoms with Gasteiger partial charge < -0.3 is 15.5 Å². The number of hydrogen-bond acceptors (Lipinski definition) is 2. The lowest BCUT2D eigenvalue weighted by Crippen LogP contribution is -2.50. The Morgan fingerprint density at radius 2 is 2.16 bits per heavy atom. The fraction of sp³-hybridized carbons (Fsp3) is 0.933.